The second-order valence-corrected chi connectivity index (χ2v) is 8.38. The Kier molecular flexibility index (Phi) is 7.52. The second-order valence-electron chi connectivity index (χ2n) is 8.38. The molecule has 7 heteroatoms. The number of anilines is 1. The van der Waals surface area contributed by atoms with Crippen molar-refractivity contribution in [2.75, 3.05) is 32.1 Å². The number of ether oxygens (including phenoxy) is 1. The van der Waals surface area contributed by atoms with E-state index in [0.717, 1.165) is 55.0 Å². The van der Waals surface area contributed by atoms with Crippen molar-refractivity contribution in [3.05, 3.63) is 83.4 Å². The lowest BCUT2D eigenvalue weighted by Crippen LogP contribution is -2.42. The van der Waals surface area contributed by atoms with E-state index in [0.29, 0.717) is 13.2 Å². The van der Waals surface area contributed by atoms with Crippen molar-refractivity contribution in [2.24, 2.45) is 0 Å². The van der Waals surface area contributed by atoms with Gasteiger partial charge in [-0.3, -0.25) is 14.9 Å². The van der Waals surface area contributed by atoms with Crippen LogP contribution in [0.1, 0.15) is 28.8 Å². The van der Waals surface area contributed by atoms with E-state index >= 15 is 0 Å². The van der Waals surface area contributed by atoms with Gasteiger partial charge in [-0.05, 0) is 78.9 Å². The monoisotopic (exact) mass is 445 g/mol. The number of rotatable bonds is 10. The molecular weight excluding hydrogens is 414 g/mol. The van der Waals surface area contributed by atoms with Gasteiger partial charge in [0.25, 0.3) is 0 Å². The fraction of sp³-hybridized carbons (Fsp3) is 0.346. The highest BCUT2D eigenvalue weighted by Gasteiger charge is 2.25. The summed E-state index contributed by atoms with van der Waals surface area (Å²) in [5, 5.41) is 3.49. The number of hydrogen-bond acceptors (Lipinski definition) is 5. The third-order valence-corrected chi connectivity index (χ3v) is 5.80. The van der Waals surface area contributed by atoms with Crippen LogP contribution in [0.2, 0.25) is 0 Å². The molecule has 2 amide bonds. The maximum Gasteiger partial charge on any atom is 0.324 e. The van der Waals surface area contributed by atoms with Gasteiger partial charge < -0.3 is 15.0 Å². The van der Waals surface area contributed by atoms with Crippen LogP contribution in [0.25, 0.3) is 0 Å². The van der Waals surface area contributed by atoms with E-state index < -0.39 is 0 Å². The van der Waals surface area contributed by atoms with Crippen LogP contribution < -0.4 is 15.0 Å². The average Bonchev–Trinajstić information content (AvgIpc) is 2.84. The first-order chi connectivity index (χ1) is 16.1. The highest BCUT2D eigenvalue weighted by Crippen LogP contribution is 2.30. The Morgan fingerprint density at radius 1 is 1.06 bits per heavy atom. The number of nitrogens with one attached hydrogen (secondary N) is 1. The molecule has 3 heterocycles. The molecule has 0 spiro atoms. The number of aromatic nitrogens is 2. The topological polar surface area (TPSA) is 70.6 Å². The normalized spacial score (nSPS) is 13.2. The summed E-state index contributed by atoms with van der Waals surface area (Å²) < 4.78 is 5.94. The smallest absolute Gasteiger partial charge is 0.324 e. The summed E-state index contributed by atoms with van der Waals surface area (Å²) >= 11 is 0. The Hall–Kier alpha value is -3.45. The predicted molar refractivity (Wildman–Crippen MR) is 129 cm³/mol. The second kappa shape index (κ2) is 10.9. The zero-order valence-electron chi connectivity index (χ0n) is 19.3. The first-order valence-corrected chi connectivity index (χ1v) is 11.4. The highest BCUT2D eigenvalue weighted by atomic mass is 16.5. The summed E-state index contributed by atoms with van der Waals surface area (Å²) in [6, 6.07) is 14.2. The molecule has 0 saturated carbocycles. The van der Waals surface area contributed by atoms with Crippen LogP contribution in [-0.4, -0.2) is 48.1 Å². The molecule has 1 aromatic carbocycles. The van der Waals surface area contributed by atoms with Gasteiger partial charge in [0.15, 0.2) is 0 Å². The van der Waals surface area contributed by atoms with Crippen molar-refractivity contribution in [1.82, 2.24) is 20.2 Å². The summed E-state index contributed by atoms with van der Waals surface area (Å²) in [4.78, 5) is 24.1. The number of urea groups is 1. The van der Waals surface area contributed by atoms with Crippen LogP contribution in [0.4, 0.5) is 10.5 Å². The Morgan fingerprint density at radius 2 is 1.97 bits per heavy atom. The summed E-state index contributed by atoms with van der Waals surface area (Å²) in [6.45, 7) is 2.93. The number of aryl methyl sites for hydroxylation is 2. The Balaban J connectivity index is 1.17. The van der Waals surface area contributed by atoms with E-state index in [4.69, 9.17) is 4.74 Å². The van der Waals surface area contributed by atoms with Gasteiger partial charge in [0.05, 0.1) is 12.3 Å². The van der Waals surface area contributed by atoms with Gasteiger partial charge in [-0.1, -0.05) is 6.07 Å². The summed E-state index contributed by atoms with van der Waals surface area (Å²) in [5.41, 5.74) is 5.63. The van der Waals surface area contributed by atoms with Crippen LogP contribution in [-0.2, 0) is 25.9 Å². The molecule has 0 saturated heterocycles. The van der Waals surface area contributed by atoms with E-state index in [1.54, 1.807) is 23.0 Å². The fourth-order valence-corrected chi connectivity index (χ4v) is 4.00. The van der Waals surface area contributed by atoms with Gasteiger partial charge in [-0.25, -0.2) is 4.79 Å². The number of carbonyl (C=O) groups is 1. The quantitative estimate of drug-likeness (QED) is 0.481. The lowest BCUT2D eigenvalue weighted by molar-refractivity contribution is 0.212. The molecule has 0 aliphatic carbocycles. The molecule has 3 aromatic rings. The van der Waals surface area contributed by atoms with Crippen LogP contribution in [0, 0.1) is 0 Å². The number of amides is 2. The van der Waals surface area contributed by atoms with E-state index in [2.05, 4.69) is 33.5 Å². The maximum absolute atomic E-state index is 12.1. The van der Waals surface area contributed by atoms with E-state index in [9.17, 15) is 4.79 Å². The standard InChI is InChI=1S/C26H31N5O2/c1-30-19-22-16-24(8-9-25(22)31(2)26(30)32)33-14-4-12-28-18-21-10-13-29-23(15-21)7-6-20-5-3-11-27-17-20/h3,5,8-11,13,15-17,28H,4,6-7,12,14,18-19H2,1-2H3. The summed E-state index contributed by atoms with van der Waals surface area (Å²) in [6.07, 6.45) is 8.36. The Morgan fingerprint density at radius 3 is 2.82 bits per heavy atom. The number of benzene rings is 1. The minimum Gasteiger partial charge on any atom is -0.494 e. The van der Waals surface area contributed by atoms with Crippen LogP contribution >= 0.6 is 0 Å². The van der Waals surface area contributed by atoms with Crippen molar-refractivity contribution in [1.29, 1.82) is 0 Å². The fourth-order valence-electron chi connectivity index (χ4n) is 4.00. The van der Waals surface area contributed by atoms with Crippen LogP contribution in [0.15, 0.2) is 61.1 Å². The van der Waals surface area contributed by atoms with Gasteiger partial charge in [0.1, 0.15) is 5.75 Å². The SMILES string of the molecule is CN1Cc2cc(OCCCNCc3ccnc(CCc4cccnc4)c3)ccc2N(C)C1=O. The van der Waals surface area contributed by atoms with Crippen molar-refractivity contribution < 1.29 is 9.53 Å². The molecule has 7 nitrogen and oxygen atoms in total. The lowest BCUT2D eigenvalue weighted by Gasteiger charge is -2.32. The first kappa shape index (κ1) is 22.7. The summed E-state index contributed by atoms with van der Waals surface area (Å²) in [7, 11) is 3.61. The number of fused-ring (bicyclic) bond motifs is 1. The number of hydrogen-bond donors (Lipinski definition) is 1. The molecule has 172 valence electrons. The lowest BCUT2D eigenvalue weighted by atomic mass is 10.1. The average molecular weight is 446 g/mol. The van der Waals surface area contributed by atoms with E-state index in [1.807, 2.05) is 43.7 Å². The molecule has 1 aliphatic heterocycles. The van der Waals surface area contributed by atoms with Gasteiger partial charge >= 0.3 is 6.03 Å². The molecular formula is C26H31N5O2. The number of carbonyl (C=O) groups excluding carboxylic acids is 1. The van der Waals surface area contributed by atoms with E-state index in [-0.39, 0.29) is 6.03 Å². The van der Waals surface area contributed by atoms with Gasteiger partial charge in [-0.2, -0.15) is 0 Å². The molecule has 1 N–H and O–H groups in total. The molecule has 0 radical (unpaired) electrons. The predicted octanol–water partition coefficient (Wildman–Crippen LogP) is 3.82. The minimum atomic E-state index is 0.0112. The maximum atomic E-state index is 12.1. The van der Waals surface area contributed by atoms with Crippen molar-refractivity contribution in [2.45, 2.75) is 32.4 Å². The zero-order chi connectivity index (χ0) is 23.0. The van der Waals surface area contributed by atoms with Crippen LogP contribution in [0.3, 0.4) is 0 Å². The third-order valence-electron chi connectivity index (χ3n) is 5.80. The molecule has 0 atom stereocenters. The molecule has 33 heavy (non-hydrogen) atoms. The highest BCUT2D eigenvalue weighted by molar-refractivity contribution is 5.94. The molecule has 0 fully saturated rings. The molecule has 1 aliphatic rings. The molecule has 0 unspecified atom stereocenters. The molecule has 4 rings (SSSR count). The van der Waals surface area contributed by atoms with Gasteiger partial charge in [-0.15, -0.1) is 0 Å². The van der Waals surface area contributed by atoms with E-state index in [1.165, 1.54) is 11.1 Å². The minimum absolute atomic E-state index is 0.0112. The Labute approximate surface area is 195 Å². The van der Waals surface area contributed by atoms with Crippen molar-refractivity contribution in [3.63, 3.8) is 0 Å². The zero-order valence-corrected chi connectivity index (χ0v) is 19.3. The first-order valence-electron chi connectivity index (χ1n) is 11.4. The van der Waals surface area contributed by atoms with Crippen molar-refractivity contribution in [3.8, 4) is 5.75 Å². The number of nitrogens with zero attached hydrogens (tertiary/aromatic N) is 4. The van der Waals surface area contributed by atoms with Crippen LogP contribution in [0.5, 0.6) is 5.75 Å². The van der Waals surface area contributed by atoms with Gasteiger partial charge in [0, 0.05) is 51.5 Å². The number of pyridine rings is 2. The van der Waals surface area contributed by atoms with Crippen molar-refractivity contribution >= 4 is 11.7 Å². The third kappa shape index (κ3) is 6.08. The van der Waals surface area contributed by atoms with Gasteiger partial charge in [0.2, 0.25) is 0 Å². The molecule has 0 bridgehead atoms. The largest absolute Gasteiger partial charge is 0.494 e. The Bertz CT molecular complexity index is 1070. The molecule has 2 aromatic heterocycles. The summed E-state index contributed by atoms with van der Waals surface area (Å²) in [5.74, 6) is 0.845.